The third-order valence-electron chi connectivity index (χ3n) is 2.62. The highest BCUT2D eigenvalue weighted by Crippen LogP contribution is 2.17. The van der Waals surface area contributed by atoms with Crippen molar-refractivity contribution in [2.45, 2.75) is 32.4 Å². The van der Waals surface area contributed by atoms with Gasteiger partial charge in [0, 0.05) is 0 Å². The summed E-state index contributed by atoms with van der Waals surface area (Å²) in [6, 6.07) is 0. The van der Waals surface area contributed by atoms with E-state index in [4.69, 9.17) is 4.12 Å². The van der Waals surface area contributed by atoms with Crippen LogP contribution in [0.1, 0.15) is 19.3 Å². The van der Waals surface area contributed by atoms with Crippen molar-refractivity contribution in [1.29, 1.82) is 0 Å². The molecule has 0 spiro atoms. The minimum absolute atomic E-state index is 0.901. The quantitative estimate of drug-likeness (QED) is 0.586. The molecule has 0 radical (unpaired) electrons. The molecule has 0 bridgehead atoms. The van der Waals surface area contributed by atoms with Crippen molar-refractivity contribution in [1.82, 2.24) is 4.57 Å². The Bertz CT molecular complexity index is 124. The van der Waals surface area contributed by atoms with Crippen LogP contribution < -0.4 is 0 Å². The fourth-order valence-corrected chi connectivity index (χ4v) is 3.99. The van der Waals surface area contributed by atoms with Crippen LogP contribution in [-0.2, 0) is 4.12 Å². The number of hydrogen-bond donors (Lipinski definition) is 0. The van der Waals surface area contributed by atoms with Gasteiger partial charge in [-0.25, -0.2) is 0 Å². The Morgan fingerprint density at radius 1 is 1.18 bits per heavy atom. The van der Waals surface area contributed by atoms with Crippen LogP contribution in [0.2, 0.25) is 13.1 Å². The Labute approximate surface area is 73.7 Å². The van der Waals surface area contributed by atoms with E-state index in [0.717, 1.165) is 10.5 Å². The first-order valence-corrected chi connectivity index (χ1v) is 8.14. The third-order valence-corrected chi connectivity index (χ3v) is 8.58. The second-order valence-corrected chi connectivity index (χ2v) is 8.86. The lowest BCUT2D eigenvalue weighted by Crippen LogP contribution is -2.52. The maximum absolute atomic E-state index is 5.68. The zero-order valence-electron chi connectivity index (χ0n) is 7.89. The molecule has 0 unspecified atom stereocenters. The molecule has 1 aliphatic heterocycles. The van der Waals surface area contributed by atoms with E-state index in [1.165, 1.54) is 32.4 Å². The van der Waals surface area contributed by atoms with Crippen molar-refractivity contribution in [2.24, 2.45) is 0 Å². The predicted molar refractivity (Wildman–Crippen MR) is 53.9 cm³/mol. The van der Waals surface area contributed by atoms with E-state index < -0.39 is 8.48 Å². The van der Waals surface area contributed by atoms with E-state index in [1.807, 2.05) is 0 Å². The molecule has 1 fully saturated rings. The van der Waals surface area contributed by atoms with Gasteiger partial charge < -0.3 is 8.68 Å². The SMILES string of the molecule is C[Si](C)(O[SiH3])N1CCCCC1. The Morgan fingerprint density at radius 3 is 2.18 bits per heavy atom. The first-order valence-electron chi connectivity index (χ1n) is 4.47. The number of hydrogen-bond acceptors (Lipinski definition) is 2. The van der Waals surface area contributed by atoms with E-state index in [0.29, 0.717) is 0 Å². The summed E-state index contributed by atoms with van der Waals surface area (Å²) in [4.78, 5) is 0. The fraction of sp³-hybridized carbons (Fsp3) is 1.00. The molecule has 66 valence electrons. The maximum Gasteiger partial charge on any atom is 0.254 e. The van der Waals surface area contributed by atoms with Gasteiger partial charge in [-0.05, 0) is 39.0 Å². The monoisotopic (exact) mass is 189 g/mol. The van der Waals surface area contributed by atoms with Gasteiger partial charge in [-0.1, -0.05) is 6.42 Å². The molecule has 11 heavy (non-hydrogen) atoms. The van der Waals surface area contributed by atoms with Gasteiger partial charge in [-0.2, -0.15) is 0 Å². The van der Waals surface area contributed by atoms with Gasteiger partial charge in [-0.15, -0.1) is 0 Å². The van der Waals surface area contributed by atoms with Gasteiger partial charge in [0.15, 0.2) is 0 Å². The van der Waals surface area contributed by atoms with Crippen LogP contribution in [0.4, 0.5) is 0 Å². The first kappa shape index (κ1) is 9.44. The van der Waals surface area contributed by atoms with Crippen molar-refractivity contribution in [3.8, 4) is 0 Å². The molecule has 1 aliphatic rings. The highest BCUT2D eigenvalue weighted by atomic mass is 28.4. The van der Waals surface area contributed by atoms with Crippen LogP contribution >= 0.6 is 0 Å². The Morgan fingerprint density at radius 2 is 1.73 bits per heavy atom. The lowest BCUT2D eigenvalue weighted by molar-refractivity contribution is 0.305. The van der Waals surface area contributed by atoms with Crippen LogP contribution in [-0.4, -0.2) is 36.6 Å². The normalized spacial score (nSPS) is 22.4. The lowest BCUT2D eigenvalue weighted by atomic mass is 10.2. The number of piperidine rings is 1. The molecule has 0 saturated carbocycles. The van der Waals surface area contributed by atoms with Crippen molar-refractivity contribution >= 4 is 19.0 Å². The zero-order chi connectivity index (χ0) is 8.32. The fourth-order valence-electron chi connectivity index (χ4n) is 1.56. The summed E-state index contributed by atoms with van der Waals surface area (Å²) in [6.07, 6.45) is 4.17. The molecule has 0 aromatic heterocycles. The summed E-state index contributed by atoms with van der Waals surface area (Å²) in [5, 5.41) is 0. The number of nitrogens with zero attached hydrogens (tertiary/aromatic N) is 1. The molecular weight excluding hydrogens is 170 g/mol. The maximum atomic E-state index is 5.68. The summed E-state index contributed by atoms with van der Waals surface area (Å²) in [5.74, 6) is 0. The summed E-state index contributed by atoms with van der Waals surface area (Å²) < 4.78 is 8.27. The lowest BCUT2D eigenvalue weighted by Gasteiger charge is -2.38. The van der Waals surface area contributed by atoms with Gasteiger partial charge in [0.1, 0.15) is 10.5 Å². The van der Waals surface area contributed by atoms with Crippen molar-refractivity contribution in [2.75, 3.05) is 13.1 Å². The van der Waals surface area contributed by atoms with Crippen LogP contribution in [0.15, 0.2) is 0 Å². The van der Waals surface area contributed by atoms with Crippen LogP contribution in [0, 0.1) is 0 Å². The standard InChI is InChI=1S/C7H19NOSi2/c1-11(2,9-10)8-6-4-3-5-7-8/h3-7H2,1-2,10H3. The van der Waals surface area contributed by atoms with Crippen molar-refractivity contribution in [3.05, 3.63) is 0 Å². The van der Waals surface area contributed by atoms with Gasteiger partial charge in [0.2, 0.25) is 0 Å². The van der Waals surface area contributed by atoms with Crippen LogP contribution in [0.25, 0.3) is 0 Å². The van der Waals surface area contributed by atoms with Crippen LogP contribution in [0.3, 0.4) is 0 Å². The van der Waals surface area contributed by atoms with Gasteiger partial charge >= 0.3 is 0 Å². The molecule has 1 rings (SSSR count). The van der Waals surface area contributed by atoms with Gasteiger partial charge in [-0.3, -0.25) is 0 Å². The first-order chi connectivity index (χ1) is 5.17. The van der Waals surface area contributed by atoms with E-state index in [-0.39, 0.29) is 0 Å². The molecule has 0 aromatic rings. The average molecular weight is 189 g/mol. The van der Waals surface area contributed by atoms with E-state index in [1.54, 1.807) is 0 Å². The Balaban J connectivity index is 2.43. The molecule has 0 aliphatic carbocycles. The van der Waals surface area contributed by atoms with E-state index >= 15 is 0 Å². The van der Waals surface area contributed by atoms with Gasteiger partial charge in [0.05, 0.1) is 0 Å². The summed E-state index contributed by atoms with van der Waals surface area (Å²) in [5.41, 5.74) is 0. The summed E-state index contributed by atoms with van der Waals surface area (Å²) in [6.45, 7) is 7.18. The second kappa shape index (κ2) is 3.84. The minimum atomic E-state index is -1.38. The number of rotatable bonds is 2. The molecule has 0 amide bonds. The average Bonchev–Trinajstić information content (AvgIpc) is 2.06. The van der Waals surface area contributed by atoms with Crippen molar-refractivity contribution < 1.29 is 4.12 Å². The van der Waals surface area contributed by atoms with Crippen molar-refractivity contribution in [3.63, 3.8) is 0 Å². The van der Waals surface area contributed by atoms with Gasteiger partial charge in [0.25, 0.3) is 8.48 Å². The molecule has 0 aromatic carbocycles. The van der Waals surface area contributed by atoms with E-state index in [9.17, 15) is 0 Å². The molecule has 0 atom stereocenters. The molecule has 1 heterocycles. The molecular formula is C7H19NOSi2. The summed E-state index contributed by atoms with van der Waals surface area (Å²) in [7, 11) is -0.480. The summed E-state index contributed by atoms with van der Waals surface area (Å²) >= 11 is 0. The largest absolute Gasteiger partial charge is 0.453 e. The third kappa shape index (κ3) is 2.40. The van der Waals surface area contributed by atoms with E-state index in [2.05, 4.69) is 17.7 Å². The topological polar surface area (TPSA) is 12.5 Å². The zero-order valence-corrected chi connectivity index (χ0v) is 10.9. The minimum Gasteiger partial charge on any atom is -0.453 e. The second-order valence-electron chi connectivity index (χ2n) is 3.70. The Hall–Kier alpha value is 0.354. The Kier molecular flexibility index (Phi) is 3.30. The molecule has 4 heteroatoms. The molecule has 1 saturated heterocycles. The highest BCUT2D eigenvalue weighted by molar-refractivity contribution is 6.70. The smallest absolute Gasteiger partial charge is 0.254 e. The predicted octanol–water partition coefficient (Wildman–Crippen LogP) is 0.471. The van der Waals surface area contributed by atoms with Crippen LogP contribution in [0.5, 0.6) is 0 Å². The highest BCUT2D eigenvalue weighted by Gasteiger charge is 2.30. The molecule has 0 N–H and O–H groups in total. The molecule has 2 nitrogen and oxygen atoms in total.